The number of hydrogen-bond donors (Lipinski definition) is 1. The van der Waals surface area contributed by atoms with E-state index in [1.165, 1.54) is 6.92 Å². The van der Waals surface area contributed by atoms with Crippen LogP contribution in [-0.4, -0.2) is 0 Å². The van der Waals surface area contributed by atoms with E-state index in [1.807, 2.05) is 6.92 Å². The lowest BCUT2D eigenvalue weighted by atomic mass is 10.1. The van der Waals surface area contributed by atoms with Crippen LogP contribution in [0, 0.1) is 18.6 Å². The summed E-state index contributed by atoms with van der Waals surface area (Å²) in [5, 5.41) is 0. The highest BCUT2D eigenvalue weighted by atomic mass is 19.1. The zero-order valence-corrected chi connectivity index (χ0v) is 10.3. The van der Waals surface area contributed by atoms with Crippen LogP contribution in [0.5, 0.6) is 0 Å². The van der Waals surface area contributed by atoms with Crippen molar-refractivity contribution >= 4 is 0 Å². The molecule has 0 aliphatic heterocycles. The van der Waals surface area contributed by atoms with E-state index < -0.39 is 11.6 Å². The summed E-state index contributed by atoms with van der Waals surface area (Å²) in [5.74, 6) is -0.0813. The molecule has 0 fully saturated rings. The predicted octanol–water partition coefficient (Wildman–Crippen LogP) is 3.94. The Bertz CT molecular complexity index is 563. The third kappa shape index (κ3) is 2.29. The van der Waals surface area contributed by atoms with Gasteiger partial charge in [0, 0.05) is 0 Å². The minimum Gasteiger partial charge on any atom is -0.459 e. The molecule has 0 aliphatic carbocycles. The smallest absolute Gasteiger partial charge is 0.137 e. The molecule has 2 nitrogen and oxygen atoms in total. The van der Waals surface area contributed by atoms with Gasteiger partial charge in [0.05, 0.1) is 11.6 Å². The van der Waals surface area contributed by atoms with Crippen molar-refractivity contribution in [3.8, 4) is 11.3 Å². The van der Waals surface area contributed by atoms with Crippen molar-refractivity contribution in [1.29, 1.82) is 0 Å². The number of hydrogen-bond acceptors (Lipinski definition) is 2. The van der Waals surface area contributed by atoms with Gasteiger partial charge in [0.2, 0.25) is 0 Å². The molecule has 4 heteroatoms. The van der Waals surface area contributed by atoms with Gasteiger partial charge in [-0.15, -0.1) is 0 Å². The number of aryl methyl sites for hydroxylation is 1. The van der Waals surface area contributed by atoms with Gasteiger partial charge >= 0.3 is 0 Å². The molecule has 18 heavy (non-hydrogen) atoms. The van der Waals surface area contributed by atoms with E-state index in [-0.39, 0.29) is 17.2 Å². The lowest BCUT2D eigenvalue weighted by Gasteiger charge is -2.05. The fourth-order valence-electron chi connectivity index (χ4n) is 1.73. The van der Waals surface area contributed by atoms with Gasteiger partial charge in [-0.1, -0.05) is 6.92 Å². The Hall–Kier alpha value is -1.68. The van der Waals surface area contributed by atoms with Gasteiger partial charge in [-0.05, 0) is 43.2 Å². The molecule has 1 aromatic carbocycles. The van der Waals surface area contributed by atoms with Crippen molar-refractivity contribution in [1.82, 2.24) is 0 Å². The van der Waals surface area contributed by atoms with Crippen molar-refractivity contribution in [3.05, 3.63) is 47.2 Å². The summed E-state index contributed by atoms with van der Waals surface area (Å²) in [5.41, 5.74) is 6.21. The standard InChI is InChI=1S/C14H15F2NO/c1-3-12(17)14-5-4-13(18-14)9-7-10(15)8(2)6-11(9)16/h4-7,12H,3,17H2,1-2H3. The number of nitrogens with two attached hydrogens (primary N) is 1. The molecule has 1 unspecified atom stereocenters. The van der Waals surface area contributed by atoms with Gasteiger partial charge in [-0.2, -0.15) is 0 Å². The van der Waals surface area contributed by atoms with Crippen LogP contribution in [0.3, 0.4) is 0 Å². The maximum atomic E-state index is 13.8. The maximum absolute atomic E-state index is 13.8. The van der Waals surface area contributed by atoms with Gasteiger partial charge in [0.25, 0.3) is 0 Å². The summed E-state index contributed by atoms with van der Waals surface area (Å²) in [6.45, 7) is 3.45. The molecule has 2 rings (SSSR count). The highest BCUT2D eigenvalue weighted by Crippen LogP contribution is 2.29. The minimum atomic E-state index is -0.500. The molecule has 0 bridgehead atoms. The normalized spacial score (nSPS) is 12.7. The Labute approximate surface area is 104 Å². The fraction of sp³-hybridized carbons (Fsp3) is 0.286. The molecule has 1 aromatic heterocycles. The van der Waals surface area contributed by atoms with Crippen LogP contribution in [-0.2, 0) is 0 Å². The third-order valence-corrected chi connectivity index (χ3v) is 2.95. The van der Waals surface area contributed by atoms with Gasteiger partial charge in [-0.3, -0.25) is 0 Å². The molecular weight excluding hydrogens is 236 g/mol. The van der Waals surface area contributed by atoms with Gasteiger partial charge in [0.1, 0.15) is 23.2 Å². The van der Waals surface area contributed by atoms with Crippen LogP contribution in [0.1, 0.15) is 30.7 Å². The van der Waals surface area contributed by atoms with Crippen LogP contribution < -0.4 is 5.73 Å². The van der Waals surface area contributed by atoms with Crippen LogP contribution >= 0.6 is 0 Å². The summed E-state index contributed by atoms with van der Waals surface area (Å²) in [6.07, 6.45) is 0.720. The van der Waals surface area contributed by atoms with Crippen LogP contribution in [0.4, 0.5) is 8.78 Å². The zero-order valence-electron chi connectivity index (χ0n) is 10.3. The minimum absolute atomic E-state index is 0.118. The molecule has 1 atom stereocenters. The van der Waals surface area contributed by atoms with E-state index in [4.69, 9.17) is 10.2 Å². The van der Waals surface area contributed by atoms with Gasteiger partial charge < -0.3 is 10.2 Å². The lowest BCUT2D eigenvalue weighted by Crippen LogP contribution is -2.06. The average Bonchev–Trinajstić information content (AvgIpc) is 2.82. The second kappa shape index (κ2) is 4.90. The Kier molecular flexibility index (Phi) is 3.48. The molecule has 2 N–H and O–H groups in total. The first-order valence-electron chi connectivity index (χ1n) is 5.84. The van der Waals surface area contributed by atoms with E-state index in [1.54, 1.807) is 12.1 Å². The number of rotatable bonds is 3. The van der Waals surface area contributed by atoms with Crippen molar-refractivity contribution in [3.63, 3.8) is 0 Å². The summed E-state index contributed by atoms with van der Waals surface area (Å²) in [7, 11) is 0. The molecule has 96 valence electrons. The Morgan fingerprint density at radius 1 is 1.22 bits per heavy atom. The van der Waals surface area contributed by atoms with Crippen LogP contribution in [0.2, 0.25) is 0 Å². The quantitative estimate of drug-likeness (QED) is 0.897. The first-order chi connectivity index (χ1) is 8.52. The molecule has 0 saturated carbocycles. The predicted molar refractivity (Wildman–Crippen MR) is 66.0 cm³/mol. The molecule has 1 heterocycles. The highest BCUT2D eigenvalue weighted by Gasteiger charge is 2.15. The Balaban J connectivity index is 2.43. The number of halogens is 2. The maximum Gasteiger partial charge on any atom is 0.137 e. The molecule has 0 radical (unpaired) electrons. The van der Waals surface area contributed by atoms with Crippen molar-refractivity contribution in [2.24, 2.45) is 5.73 Å². The van der Waals surface area contributed by atoms with Gasteiger partial charge in [-0.25, -0.2) is 8.78 Å². The summed E-state index contributed by atoms with van der Waals surface area (Å²) >= 11 is 0. The van der Waals surface area contributed by atoms with Crippen LogP contribution in [0.15, 0.2) is 28.7 Å². The van der Waals surface area contributed by atoms with Gasteiger partial charge in [0.15, 0.2) is 0 Å². The summed E-state index contributed by atoms with van der Waals surface area (Å²) in [6, 6.07) is 5.38. The molecule has 0 spiro atoms. The van der Waals surface area contributed by atoms with Crippen molar-refractivity contribution in [2.45, 2.75) is 26.3 Å². The molecule has 0 amide bonds. The largest absolute Gasteiger partial charge is 0.459 e. The molecule has 0 aliphatic rings. The van der Waals surface area contributed by atoms with Crippen LogP contribution in [0.25, 0.3) is 11.3 Å². The topological polar surface area (TPSA) is 39.2 Å². The summed E-state index contributed by atoms with van der Waals surface area (Å²) < 4.78 is 32.7. The first kappa shape index (κ1) is 12.8. The SMILES string of the molecule is CCC(N)c1ccc(-c2cc(F)c(C)cc2F)o1. The summed E-state index contributed by atoms with van der Waals surface area (Å²) in [4.78, 5) is 0. The van der Waals surface area contributed by atoms with E-state index in [0.29, 0.717) is 11.5 Å². The monoisotopic (exact) mass is 251 g/mol. The first-order valence-corrected chi connectivity index (χ1v) is 5.84. The number of benzene rings is 1. The average molecular weight is 251 g/mol. The van der Waals surface area contributed by atoms with E-state index >= 15 is 0 Å². The Morgan fingerprint density at radius 3 is 2.61 bits per heavy atom. The molecular formula is C14H15F2NO. The van der Waals surface area contributed by atoms with E-state index in [2.05, 4.69) is 0 Å². The number of furan rings is 1. The van der Waals surface area contributed by atoms with Crippen molar-refractivity contribution in [2.75, 3.05) is 0 Å². The molecule has 2 aromatic rings. The second-order valence-corrected chi connectivity index (χ2v) is 4.30. The van der Waals surface area contributed by atoms with Crippen molar-refractivity contribution < 1.29 is 13.2 Å². The zero-order chi connectivity index (χ0) is 13.3. The molecule has 0 saturated heterocycles. The second-order valence-electron chi connectivity index (χ2n) is 4.30. The van der Waals surface area contributed by atoms with E-state index in [9.17, 15) is 8.78 Å². The Morgan fingerprint density at radius 2 is 1.94 bits per heavy atom. The third-order valence-electron chi connectivity index (χ3n) is 2.95. The van der Waals surface area contributed by atoms with E-state index in [0.717, 1.165) is 18.6 Å². The lowest BCUT2D eigenvalue weighted by molar-refractivity contribution is 0.467. The highest BCUT2D eigenvalue weighted by molar-refractivity contribution is 5.59. The fourth-order valence-corrected chi connectivity index (χ4v) is 1.73.